The van der Waals surface area contributed by atoms with Gasteiger partial charge in [0.25, 0.3) is 0 Å². The third-order valence-electron chi connectivity index (χ3n) is 4.93. The Hall–Kier alpha value is -1.40. The SMILES string of the molecule is CN(C)C(=O)C1COC2(CCN(Cc3cnn(C)c3)CC2)C1. The summed E-state index contributed by atoms with van der Waals surface area (Å²) in [6, 6.07) is 0. The van der Waals surface area contributed by atoms with Crippen LogP contribution < -0.4 is 0 Å². The third kappa shape index (κ3) is 3.17. The molecule has 2 aliphatic heterocycles. The Morgan fingerprint density at radius 2 is 2.18 bits per heavy atom. The summed E-state index contributed by atoms with van der Waals surface area (Å²) in [5.41, 5.74) is 1.19. The van der Waals surface area contributed by atoms with E-state index in [-0.39, 0.29) is 17.4 Å². The number of nitrogens with zero attached hydrogens (tertiary/aromatic N) is 4. The van der Waals surface area contributed by atoms with E-state index in [0.717, 1.165) is 38.9 Å². The molecule has 3 rings (SSSR count). The zero-order valence-electron chi connectivity index (χ0n) is 13.8. The van der Waals surface area contributed by atoms with E-state index in [0.29, 0.717) is 6.61 Å². The van der Waals surface area contributed by atoms with E-state index in [1.807, 2.05) is 32.0 Å². The summed E-state index contributed by atoms with van der Waals surface area (Å²) in [4.78, 5) is 16.2. The van der Waals surface area contributed by atoms with Crippen molar-refractivity contribution in [2.45, 2.75) is 31.4 Å². The molecule has 0 saturated carbocycles. The van der Waals surface area contributed by atoms with Crippen LogP contribution in [0.4, 0.5) is 0 Å². The first-order valence-electron chi connectivity index (χ1n) is 8.02. The minimum absolute atomic E-state index is 0.0415. The minimum Gasteiger partial charge on any atom is -0.374 e. The van der Waals surface area contributed by atoms with Gasteiger partial charge in [0.1, 0.15) is 0 Å². The first-order chi connectivity index (χ1) is 10.5. The fourth-order valence-corrected chi connectivity index (χ4v) is 3.65. The molecule has 22 heavy (non-hydrogen) atoms. The molecule has 0 aliphatic carbocycles. The topological polar surface area (TPSA) is 50.6 Å². The molecule has 1 aromatic rings. The molecule has 0 bridgehead atoms. The molecule has 0 radical (unpaired) electrons. The Morgan fingerprint density at radius 3 is 2.77 bits per heavy atom. The average molecular weight is 306 g/mol. The first kappa shape index (κ1) is 15.5. The van der Waals surface area contributed by atoms with Crippen molar-refractivity contribution in [2.24, 2.45) is 13.0 Å². The Labute approximate surface area is 132 Å². The van der Waals surface area contributed by atoms with Crippen molar-refractivity contribution >= 4 is 5.91 Å². The first-order valence-corrected chi connectivity index (χ1v) is 8.02. The molecule has 122 valence electrons. The van der Waals surface area contributed by atoms with Gasteiger partial charge < -0.3 is 9.64 Å². The van der Waals surface area contributed by atoms with Gasteiger partial charge >= 0.3 is 0 Å². The summed E-state index contributed by atoms with van der Waals surface area (Å²) >= 11 is 0. The lowest BCUT2D eigenvalue weighted by atomic mass is 9.85. The van der Waals surface area contributed by atoms with Crippen molar-refractivity contribution in [1.82, 2.24) is 19.6 Å². The summed E-state index contributed by atoms with van der Waals surface area (Å²) in [7, 11) is 5.59. The molecule has 1 aromatic heterocycles. The fraction of sp³-hybridized carbons (Fsp3) is 0.750. The van der Waals surface area contributed by atoms with E-state index in [9.17, 15) is 4.79 Å². The minimum atomic E-state index is -0.0677. The Balaban J connectivity index is 1.52. The monoisotopic (exact) mass is 306 g/mol. The predicted molar refractivity (Wildman–Crippen MR) is 83.2 cm³/mol. The van der Waals surface area contributed by atoms with Gasteiger partial charge in [0, 0.05) is 52.5 Å². The number of carbonyl (C=O) groups excluding carboxylic acids is 1. The highest BCUT2D eigenvalue weighted by molar-refractivity contribution is 5.78. The summed E-state index contributed by atoms with van der Waals surface area (Å²) in [5, 5.41) is 4.22. The highest BCUT2D eigenvalue weighted by Gasteiger charge is 2.45. The van der Waals surface area contributed by atoms with E-state index in [2.05, 4.69) is 16.2 Å². The van der Waals surface area contributed by atoms with Gasteiger partial charge in [-0.05, 0) is 19.3 Å². The number of aromatic nitrogens is 2. The van der Waals surface area contributed by atoms with E-state index in [4.69, 9.17) is 4.74 Å². The highest BCUT2D eigenvalue weighted by atomic mass is 16.5. The normalized spacial score (nSPS) is 24.8. The van der Waals surface area contributed by atoms with Gasteiger partial charge in [-0.15, -0.1) is 0 Å². The second-order valence-electron chi connectivity index (χ2n) is 6.93. The summed E-state index contributed by atoms with van der Waals surface area (Å²) in [6.07, 6.45) is 6.92. The summed E-state index contributed by atoms with van der Waals surface area (Å²) in [6.45, 7) is 3.58. The molecule has 3 heterocycles. The molecule has 1 amide bonds. The van der Waals surface area contributed by atoms with Crippen LogP contribution in [-0.4, -0.2) is 64.9 Å². The van der Waals surface area contributed by atoms with Crippen LogP contribution in [0.3, 0.4) is 0 Å². The number of aryl methyl sites for hydroxylation is 1. The number of likely N-dealkylation sites (tertiary alicyclic amines) is 1. The van der Waals surface area contributed by atoms with Crippen molar-refractivity contribution in [3.05, 3.63) is 18.0 Å². The summed E-state index contributed by atoms with van der Waals surface area (Å²) in [5.74, 6) is 0.245. The fourth-order valence-electron chi connectivity index (χ4n) is 3.65. The molecular weight excluding hydrogens is 280 g/mol. The van der Waals surface area contributed by atoms with Crippen LogP contribution in [0, 0.1) is 5.92 Å². The predicted octanol–water partition coefficient (Wildman–Crippen LogP) is 0.879. The van der Waals surface area contributed by atoms with Gasteiger partial charge in [-0.1, -0.05) is 0 Å². The highest BCUT2D eigenvalue weighted by Crippen LogP contribution is 2.39. The van der Waals surface area contributed by atoms with Crippen LogP contribution in [0.5, 0.6) is 0 Å². The number of hydrogen-bond acceptors (Lipinski definition) is 4. The number of rotatable bonds is 3. The molecular formula is C16H26N4O2. The van der Waals surface area contributed by atoms with Crippen LogP contribution >= 0.6 is 0 Å². The number of ether oxygens (including phenoxy) is 1. The Morgan fingerprint density at radius 1 is 1.45 bits per heavy atom. The molecule has 6 heteroatoms. The number of piperidine rings is 1. The Kier molecular flexibility index (Phi) is 4.23. The smallest absolute Gasteiger partial charge is 0.227 e. The zero-order chi connectivity index (χ0) is 15.7. The molecule has 1 atom stereocenters. The van der Waals surface area contributed by atoms with Crippen LogP contribution in [0.25, 0.3) is 0 Å². The number of carbonyl (C=O) groups is 1. The maximum atomic E-state index is 12.1. The number of amides is 1. The Bertz CT molecular complexity index is 532. The molecule has 6 nitrogen and oxygen atoms in total. The second kappa shape index (κ2) is 6.01. The van der Waals surface area contributed by atoms with E-state index < -0.39 is 0 Å². The zero-order valence-corrected chi connectivity index (χ0v) is 13.8. The van der Waals surface area contributed by atoms with E-state index in [1.54, 1.807) is 4.90 Å². The lowest BCUT2D eigenvalue weighted by Crippen LogP contribution is -2.44. The van der Waals surface area contributed by atoms with Crippen molar-refractivity contribution in [3.63, 3.8) is 0 Å². The van der Waals surface area contributed by atoms with Crippen molar-refractivity contribution in [2.75, 3.05) is 33.8 Å². The standard InChI is InChI=1S/C16H26N4O2/c1-18(2)15(21)14-8-16(22-12-14)4-6-20(7-5-16)11-13-9-17-19(3)10-13/h9-10,14H,4-8,11-12H2,1-3H3. The summed E-state index contributed by atoms with van der Waals surface area (Å²) < 4.78 is 7.92. The molecule has 2 fully saturated rings. The van der Waals surface area contributed by atoms with Gasteiger partial charge in [0.2, 0.25) is 5.91 Å². The van der Waals surface area contributed by atoms with Gasteiger partial charge in [-0.3, -0.25) is 14.4 Å². The van der Waals surface area contributed by atoms with Gasteiger partial charge in [-0.25, -0.2) is 0 Å². The third-order valence-corrected chi connectivity index (χ3v) is 4.93. The van der Waals surface area contributed by atoms with Gasteiger partial charge in [-0.2, -0.15) is 5.10 Å². The van der Waals surface area contributed by atoms with Crippen LogP contribution in [0.2, 0.25) is 0 Å². The molecule has 1 spiro atoms. The second-order valence-corrected chi connectivity index (χ2v) is 6.93. The average Bonchev–Trinajstić information content (AvgIpc) is 3.08. The molecule has 1 unspecified atom stereocenters. The van der Waals surface area contributed by atoms with E-state index >= 15 is 0 Å². The molecule has 2 saturated heterocycles. The van der Waals surface area contributed by atoms with Crippen molar-refractivity contribution in [1.29, 1.82) is 0 Å². The van der Waals surface area contributed by atoms with Crippen LogP contribution in [0.15, 0.2) is 12.4 Å². The van der Waals surface area contributed by atoms with Gasteiger partial charge in [0.05, 0.1) is 24.3 Å². The van der Waals surface area contributed by atoms with Crippen molar-refractivity contribution in [3.8, 4) is 0 Å². The van der Waals surface area contributed by atoms with Crippen LogP contribution in [0.1, 0.15) is 24.8 Å². The lowest BCUT2D eigenvalue weighted by molar-refractivity contribution is -0.132. The van der Waals surface area contributed by atoms with Crippen LogP contribution in [-0.2, 0) is 23.1 Å². The van der Waals surface area contributed by atoms with Gasteiger partial charge in [0.15, 0.2) is 0 Å². The van der Waals surface area contributed by atoms with E-state index in [1.165, 1.54) is 5.56 Å². The van der Waals surface area contributed by atoms with Crippen molar-refractivity contribution < 1.29 is 9.53 Å². The molecule has 2 aliphatic rings. The molecule has 0 N–H and O–H groups in total. The largest absolute Gasteiger partial charge is 0.374 e. The maximum absolute atomic E-state index is 12.1. The molecule has 0 aromatic carbocycles. The lowest BCUT2D eigenvalue weighted by Gasteiger charge is -2.38. The quantitative estimate of drug-likeness (QED) is 0.832. The maximum Gasteiger partial charge on any atom is 0.227 e. The number of hydrogen-bond donors (Lipinski definition) is 0.